The van der Waals surface area contributed by atoms with Gasteiger partial charge in [0.2, 0.25) is 0 Å². The van der Waals surface area contributed by atoms with Crippen molar-refractivity contribution in [3.05, 3.63) is 29.8 Å². The SMILES string of the molecule is CC(C)(C)OC(=O)N1CCC2(CCN(C(=O)Nc3ccc(C(F)(F)F)cc3)C2)CC1. The summed E-state index contributed by atoms with van der Waals surface area (Å²) in [6.07, 6.45) is -2.30. The van der Waals surface area contributed by atoms with E-state index < -0.39 is 17.3 Å². The molecule has 30 heavy (non-hydrogen) atoms. The van der Waals surface area contributed by atoms with Crippen molar-refractivity contribution in [2.24, 2.45) is 5.41 Å². The maximum atomic E-state index is 12.7. The minimum atomic E-state index is -4.40. The van der Waals surface area contributed by atoms with Crippen LogP contribution in [0, 0.1) is 5.41 Å². The Hall–Kier alpha value is -2.45. The number of likely N-dealkylation sites (tertiary alicyclic amines) is 2. The van der Waals surface area contributed by atoms with Gasteiger partial charge in [-0.2, -0.15) is 13.2 Å². The van der Waals surface area contributed by atoms with Gasteiger partial charge in [0.05, 0.1) is 5.56 Å². The highest BCUT2D eigenvalue weighted by Crippen LogP contribution is 2.40. The molecule has 6 nitrogen and oxygen atoms in total. The summed E-state index contributed by atoms with van der Waals surface area (Å²) in [5.74, 6) is 0. The van der Waals surface area contributed by atoms with Crippen LogP contribution in [0.3, 0.4) is 0 Å². The topological polar surface area (TPSA) is 61.9 Å². The lowest BCUT2D eigenvalue weighted by Gasteiger charge is -2.39. The number of rotatable bonds is 1. The van der Waals surface area contributed by atoms with Crippen molar-refractivity contribution in [3.63, 3.8) is 0 Å². The van der Waals surface area contributed by atoms with Crippen LogP contribution in [0.25, 0.3) is 0 Å². The molecule has 0 bridgehead atoms. The van der Waals surface area contributed by atoms with Gasteiger partial charge in [-0.1, -0.05) is 0 Å². The Balaban J connectivity index is 1.52. The molecular weight excluding hydrogens is 399 g/mol. The Bertz CT molecular complexity index is 779. The van der Waals surface area contributed by atoms with Crippen molar-refractivity contribution in [2.75, 3.05) is 31.5 Å². The van der Waals surface area contributed by atoms with Gasteiger partial charge < -0.3 is 19.9 Å². The molecule has 2 aliphatic heterocycles. The standard InChI is InChI=1S/C21H28F3N3O3/c1-19(2,3)30-18(29)26-11-8-20(9-12-26)10-13-27(14-20)17(28)25-16-6-4-15(5-7-16)21(22,23)24/h4-7H,8-14H2,1-3H3,(H,25,28). The monoisotopic (exact) mass is 427 g/mol. The van der Waals surface area contributed by atoms with Crippen molar-refractivity contribution < 1.29 is 27.5 Å². The summed E-state index contributed by atoms with van der Waals surface area (Å²) in [5, 5.41) is 2.67. The molecular formula is C21H28F3N3O3. The molecule has 9 heteroatoms. The summed E-state index contributed by atoms with van der Waals surface area (Å²) in [5.41, 5.74) is -0.992. The summed E-state index contributed by atoms with van der Waals surface area (Å²) < 4.78 is 43.4. The van der Waals surface area contributed by atoms with Crippen LogP contribution in [0.4, 0.5) is 28.4 Å². The molecule has 0 atom stereocenters. The third kappa shape index (κ3) is 5.37. The molecule has 1 aromatic rings. The van der Waals surface area contributed by atoms with Crippen LogP contribution in [0.15, 0.2) is 24.3 Å². The van der Waals surface area contributed by atoms with Crippen molar-refractivity contribution in [1.82, 2.24) is 9.80 Å². The van der Waals surface area contributed by atoms with Crippen molar-refractivity contribution in [2.45, 2.75) is 51.8 Å². The molecule has 0 radical (unpaired) electrons. The number of halogens is 3. The van der Waals surface area contributed by atoms with Crippen LogP contribution in [0.5, 0.6) is 0 Å². The van der Waals surface area contributed by atoms with Gasteiger partial charge in [0.1, 0.15) is 5.60 Å². The van der Waals surface area contributed by atoms with E-state index in [-0.39, 0.29) is 17.5 Å². The molecule has 3 amide bonds. The van der Waals surface area contributed by atoms with Crippen LogP contribution >= 0.6 is 0 Å². The number of ether oxygens (including phenoxy) is 1. The first-order valence-corrected chi connectivity index (χ1v) is 10.1. The van der Waals surface area contributed by atoms with E-state index in [1.54, 1.807) is 9.80 Å². The fourth-order valence-corrected chi connectivity index (χ4v) is 3.95. The van der Waals surface area contributed by atoms with E-state index >= 15 is 0 Å². The lowest BCUT2D eigenvalue weighted by molar-refractivity contribution is -0.137. The summed E-state index contributed by atoms with van der Waals surface area (Å²) in [4.78, 5) is 28.2. The van der Waals surface area contributed by atoms with Gasteiger partial charge in [0.25, 0.3) is 0 Å². The fourth-order valence-electron chi connectivity index (χ4n) is 3.95. The average molecular weight is 427 g/mol. The number of nitrogens with one attached hydrogen (secondary N) is 1. The predicted molar refractivity (Wildman–Crippen MR) is 106 cm³/mol. The predicted octanol–water partition coefficient (Wildman–Crippen LogP) is 4.96. The van der Waals surface area contributed by atoms with E-state index in [0.717, 1.165) is 31.4 Å². The lowest BCUT2D eigenvalue weighted by Crippen LogP contribution is -2.46. The van der Waals surface area contributed by atoms with Gasteiger partial charge in [0.15, 0.2) is 0 Å². The van der Waals surface area contributed by atoms with Gasteiger partial charge in [-0.3, -0.25) is 0 Å². The highest BCUT2D eigenvalue weighted by Gasteiger charge is 2.43. The quantitative estimate of drug-likeness (QED) is 0.689. The molecule has 1 spiro atoms. The maximum absolute atomic E-state index is 12.7. The van der Waals surface area contributed by atoms with Crippen molar-refractivity contribution in [3.8, 4) is 0 Å². The molecule has 3 rings (SSSR count). The van der Waals surface area contributed by atoms with Crippen LogP contribution in [0.1, 0.15) is 45.6 Å². The number of piperidine rings is 1. The summed E-state index contributed by atoms with van der Waals surface area (Å²) in [7, 11) is 0. The van der Waals surface area contributed by atoms with Crippen LogP contribution in [-0.2, 0) is 10.9 Å². The van der Waals surface area contributed by atoms with Crippen LogP contribution < -0.4 is 5.32 Å². The summed E-state index contributed by atoms with van der Waals surface area (Å²) in [6.45, 7) is 7.83. The zero-order valence-electron chi connectivity index (χ0n) is 17.5. The summed E-state index contributed by atoms with van der Waals surface area (Å²) in [6, 6.07) is 4.10. The highest BCUT2D eigenvalue weighted by atomic mass is 19.4. The number of alkyl halides is 3. The molecule has 2 aliphatic rings. The van der Waals surface area contributed by atoms with Crippen LogP contribution in [0.2, 0.25) is 0 Å². The number of hydrogen-bond acceptors (Lipinski definition) is 3. The Kier molecular flexibility index (Phi) is 5.93. The van der Waals surface area contributed by atoms with Gasteiger partial charge in [-0.25, -0.2) is 9.59 Å². The van der Waals surface area contributed by atoms with E-state index in [4.69, 9.17) is 4.74 Å². The Morgan fingerprint density at radius 2 is 1.50 bits per heavy atom. The third-order valence-corrected chi connectivity index (χ3v) is 5.66. The van der Waals surface area contributed by atoms with E-state index in [1.165, 1.54) is 12.1 Å². The van der Waals surface area contributed by atoms with E-state index in [1.807, 2.05) is 20.8 Å². The first-order chi connectivity index (χ1) is 13.9. The first kappa shape index (κ1) is 22.2. The largest absolute Gasteiger partial charge is 0.444 e. The molecule has 166 valence electrons. The smallest absolute Gasteiger partial charge is 0.416 e. The zero-order chi connectivity index (χ0) is 22.2. The fraction of sp³-hybridized carbons (Fsp3) is 0.619. The highest BCUT2D eigenvalue weighted by molar-refractivity contribution is 5.89. The number of carbonyl (C=O) groups excluding carboxylic acids is 2. The number of hydrogen-bond donors (Lipinski definition) is 1. The van der Waals surface area contributed by atoms with Crippen molar-refractivity contribution in [1.29, 1.82) is 0 Å². The average Bonchev–Trinajstić information content (AvgIpc) is 3.04. The minimum Gasteiger partial charge on any atom is -0.444 e. The lowest BCUT2D eigenvalue weighted by atomic mass is 9.78. The third-order valence-electron chi connectivity index (χ3n) is 5.66. The molecule has 2 heterocycles. The minimum absolute atomic E-state index is 0.0318. The Morgan fingerprint density at radius 1 is 0.967 bits per heavy atom. The normalized spacial score (nSPS) is 19.1. The first-order valence-electron chi connectivity index (χ1n) is 10.1. The number of anilines is 1. The molecule has 0 aliphatic carbocycles. The molecule has 0 saturated carbocycles. The Morgan fingerprint density at radius 3 is 2.00 bits per heavy atom. The molecule has 0 aromatic heterocycles. The maximum Gasteiger partial charge on any atom is 0.416 e. The molecule has 2 saturated heterocycles. The van der Waals surface area contributed by atoms with Crippen LogP contribution in [-0.4, -0.2) is 53.7 Å². The number of amides is 3. The van der Waals surface area contributed by atoms with Gasteiger partial charge >= 0.3 is 18.3 Å². The second-order valence-electron chi connectivity index (χ2n) is 9.14. The van der Waals surface area contributed by atoms with Crippen molar-refractivity contribution >= 4 is 17.8 Å². The second-order valence-corrected chi connectivity index (χ2v) is 9.14. The number of urea groups is 1. The van der Waals surface area contributed by atoms with Gasteiger partial charge in [-0.15, -0.1) is 0 Å². The van der Waals surface area contributed by atoms with E-state index in [9.17, 15) is 22.8 Å². The van der Waals surface area contributed by atoms with Gasteiger partial charge in [0, 0.05) is 31.9 Å². The molecule has 2 fully saturated rings. The molecule has 1 aromatic carbocycles. The van der Waals surface area contributed by atoms with E-state index in [0.29, 0.717) is 31.9 Å². The second kappa shape index (κ2) is 8.00. The summed E-state index contributed by atoms with van der Waals surface area (Å²) >= 11 is 0. The zero-order valence-corrected chi connectivity index (χ0v) is 17.5. The number of nitrogens with zero attached hydrogens (tertiary/aromatic N) is 2. The number of carbonyl (C=O) groups is 2. The molecule has 1 N–H and O–H groups in total. The van der Waals surface area contributed by atoms with Gasteiger partial charge in [-0.05, 0) is 69.7 Å². The Labute approximate surface area is 174 Å². The van der Waals surface area contributed by atoms with E-state index in [2.05, 4.69) is 5.32 Å². The molecule has 0 unspecified atom stereocenters. The number of benzene rings is 1.